The first-order valence-corrected chi connectivity index (χ1v) is 2.75. The summed E-state index contributed by atoms with van der Waals surface area (Å²) in [7, 11) is 0. The van der Waals surface area contributed by atoms with E-state index in [9.17, 15) is 0 Å². The molecule has 0 unspecified atom stereocenters. The summed E-state index contributed by atoms with van der Waals surface area (Å²) in [4.78, 5) is 0. The molecule has 0 spiro atoms. The Labute approximate surface area is 91.5 Å². The van der Waals surface area contributed by atoms with Crippen LogP contribution in [0, 0.1) is 11.3 Å². The van der Waals surface area contributed by atoms with E-state index < -0.39 is 0 Å². The SMILES string of the molecule is C[C-](C)C(C)(C)C.[SH-].[Y+3]. The predicted octanol–water partition coefficient (Wildman–Crippen LogP) is 2.37. The Bertz CT molecular complexity index is 54.4. The van der Waals surface area contributed by atoms with Crippen molar-refractivity contribution in [1.82, 2.24) is 0 Å². The first kappa shape index (κ1) is 16.8. The van der Waals surface area contributed by atoms with Crippen LogP contribution in [0.5, 0.6) is 0 Å². The summed E-state index contributed by atoms with van der Waals surface area (Å²) in [6.07, 6.45) is 0. The molecule has 0 nitrogen and oxygen atoms in total. The van der Waals surface area contributed by atoms with Crippen molar-refractivity contribution >= 4 is 13.5 Å². The van der Waals surface area contributed by atoms with Crippen LogP contribution < -0.4 is 0 Å². The fourth-order valence-corrected chi connectivity index (χ4v) is 0. The largest absolute Gasteiger partial charge is 3.00 e. The molecule has 0 saturated heterocycles. The van der Waals surface area contributed by atoms with Crippen LogP contribution in [0.25, 0.3) is 0 Å². The van der Waals surface area contributed by atoms with E-state index in [1.54, 1.807) is 0 Å². The van der Waals surface area contributed by atoms with Gasteiger partial charge in [0, 0.05) is 0 Å². The van der Waals surface area contributed by atoms with Crippen LogP contribution in [0.3, 0.4) is 0 Å². The van der Waals surface area contributed by atoms with Crippen LogP contribution >= 0.6 is 0 Å². The molecular weight excluding hydrogens is 205 g/mol. The molecule has 0 atom stereocenters. The Morgan fingerprint density at radius 2 is 1.11 bits per heavy atom. The van der Waals surface area contributed by atoms with Gasteiger partial charge < -0.3 is 19.4 Å². The van der Waals surface area contributed by atoms with Crippen molar-refractivity contribution < 1.29 is 32.7 Å². The number of hydrogen-bond donors (Lipinski definition) is 0. The fourth-order valence-electron chi connectivity index (χ4n) is 0. The molecule has 0 aliphatic rings. The van der Waals surface area contributed by atoms with Crippen molar-refractivity contribution in [2.24, 2.45) is 5.41 Å². The van der Waals surface area contributed by atoms with E-state index in [0.29, 0.717) is 5.41 Å². The third-order valence-corrected chi connectivity index (χ3v) is 1.50. The van der Waals surface area contributed by atoms with E-state index in [2.05, 4.69) is 34.6 Å². The molecule has 52 valence electrons. The van der Waals surface area contributed by atoms with Gasteiger partial charge in [-0.25, -0.2) is 0 Å². The molecule has 9 heavy (non-hydrogen) atoms. The second-order valence-electron chi connectivity index (χ2n) is 3.25. The fraction of sp³-hybridized carbons (Fsp3) is 0.857. The van der Waals surface area contributed by atoms with Crippen molar-refractivity contribution in [2.45, 2.75) is 34.6 Å². The molecule has 0 aromatic rings. The molecule has 0 aromatic heterocycles. The number of rotatable bonds is 0. The maximum absolute atomic E-state index is 2.22. The zero-order valence-electron chi connectivity index (χ0n) is 7.02. The average molecular weight is 221 g/mol. The van der Waals surface area contributed by atoms with Gasteiger partial charge in [-0.2, -0.15) is 19.3 Å². The van der Waals surface area contributed by atoms with Gasteiger partial charge in [-0.15, -0.1) is 0 Å². The summed E-state index contributed by atoms with van der Waals surface area (Å²) in [5, 5.41) is 0. The number of thiol groups is 1. The maximum atomic E-state index is 2.22. The van der Waals surface area contributed by atoms with Crippen LogP contribution in [-0.2, 0) is 46.2 Å². The Morgan fingerprint density at radius 1 is 1.00 bits per heavy atom. The smallest absolute Gasteiger partial charge is 0.813 e. The topological polar surface area (TPSA) is 0 Å². The summed E-state index contributed by atoms with van der Waals surface area (Å²) in [6.45, 7) is 11.0. The van der Waals surface area contributed by atoms with E-state index in [4.69, 9.17) is 0 Å². The Kier molecular flexibility index (Phi) is 11.6. The van der Waals surface area contributed by atoms with Gasteiger partial charge in [0.15, 0.2) is 0 Å². The summed E-state index contributed by atoms with van der Waals surface area (Å²) in [5.41, 5.74) is 0.417. The van der Waals surface area contributed by atoms with E-state index in [-0.39, 0.29) is 46.2 Å². The molecule has 2 heteroatoms. The Hall–Kier alpha value is 1.45. The molecule has 0 rings (SSSR count). The molecule has 0 radical (unpaired) electrons. The molecule has 0 heterocycles. The molecule has 0 N–H and O–H groups in total. The van der Waals surface area contributed by atoms with Crippen molar-refractivity contribution in [2.75, 3.05) is 0 Å². The van der Waals surface area contributed by atoms with E-state index in [0.717, 1.165) is 0 Å². The monoisotopic (exact) mass is 221 g/mol. The van der Waals surface area contributed by atoms with Gasteiger partial charge in [-0.05, 0) is 0 Å². The predicted molar refractivity (Wildman–Crippen MR) is 42.8 cm³/mol. The van der Waals surface area contributed by atoms with E-state index in [1.165, 1.54) is 5.92 Å². The van der Waals surface area contributed by atoms with Crippen molar-refractivity contribution in [3.8, 4) is 0 Å². The van der Waals surface area contributed by atoms with Crippen molar-refractivity contribution in [3.63, 3.8) is 0 Å². The maximum Gasteiger partial charge on any atom is 3.00 e. The second kappa shape index (κ2) is 6.18. The molecular formula is C7H16SY+. The Balaban J connectivity index is -0.000000180. The van der Waals surface area contributed by atoms with Crippen LogP contribution in [0.1, 0.15) is 34.6 Å². The third kappa shape index (κ3) is 9.45. The third-order valence-electron chi connectivity index (χ3n) is 1.50. The minimum absolute atomic E-state index is 0. The minimum Gasteiger partial charge on any atom is -0.813 e. The number of hydrogen-bond acceptors (Lipinski definition) is 1. The van der Waals surface area contributed by atoms with Gasteiger partial charge in [0.1, 0.15) is 0 Å². The second-order valence-corrected chi connectivity index (χ2v) is 3.25. The van der Waals surface area contributed by atoms with Gasteiger partial charge >= 0.3 is 32.7 Å². The summed E-state index contributed by atoms with van der Waals surface area (Å²) >= 11 is 0. The molecule has 0 fully saturated rings. The van der Waals surface area contributed by atoms with Crippen molar-refractivity contribution in [1.29, 1.82) is 0 Å². The van der Waals surface area contributed by atoms with Gasteiger partial charge in [-0.3, -0.25) is 0 Å². The summed E-state index contributed by atoms with van der Waals surface area (Å²) in [5.74, 6) is 1.49. The zero-order chi connectivity index (χ0) is 6.08. The normalized spacial score (nSPS) is 10.0. The molecule has 0 aliphatic carbocycles. The standard InChI is InChI=1S/C7H15.H2S.Y/c1-6(2)7(3,4)5;;/h1-5H3;1H2;/q-1;;+3/p-1. The first-order chi connectivity index (χ1) is 2.94. The van der Waals surface area contributed by atoms with Crippen LogP contribution in [0.15, 0.2) is 0 Å². The van der Waals surface area contributed by atoms with Gasteiger partial charge in [0.05, 0.1) is 0 Å². The van der Waals surface area contributed by atoms with E-state index >= 15 is 0 Å². The summed E-state index contributed by atoms with van der Waals surface area (Å²) < 4.78 is 0. The Morgan fingerprint density at radius 3 is 1.11 bits per heavy atom. The molecule has 0 aromatic carbocycles. The summed E-state index contributed by atoms with van der Waals surface area (Å²) in [6, 6.07) is 0. The van der Waals surface area contributed by atoms with Gasteiger partial charge in [0.25, 0.3) is 0 Å². The molecule has 0 amide bonds. The molecule has 0 saturated carbocycles. The van der Waals surface area contributed by atoms with E-state index in [1.807, 2.05) is 0 Å². The van der Waals surface area contributed by atoms with Crippen LogP contribution in [0.4, 0.5) is 0 Å². The zero-order valence-corrected chi connectivity index (χ0v) is 10.8. The van der Waals surface area contributed by atoms with Crippen LogP contribution in [-0.4, -0.2) is 0 Å². The van der Waals surface area contributed by atoms with Crippen molar-refractivity contribution in [3.05, 3.63) is 5.92 Å². The first-order valence-electron chi connectivity index (χ1n) is 2.75. The average Bonchev–Trinajstić information content (AvgIpc) is 1.31. The van der Waals surface area contributed by atoms with Crippen LogP contribution in [0.2, 0.25) is 0 Å². The molecule has 0 aliphatic heterocycles. The minimum atomic E-state index is 0. The van der Waals surface area contributed by atoms with Gasteiger partial charge in [0.2, 0.25) is 0 Å². The quantitative estimate of drug-likeness (QED) is 0.344. The van der Waals surface area contributed by atoms with Gasteiger partial charge in [-0.1, -0.05) is 20.8 Å². The molecule has 0 bridgehead atoms.